The number of rotatable bonds is 7. The Morgan fingerprint density at radius 3 is 2.69 bits per heavy atom. The number of hydrogen-bond acceptors (Lipinski definition) is 4. The van der Waals surface area contributed by atoms with Crippen LogP contribution in [-0.4, -0.2) is 36.4 Å². The molecule has 0 spiro atoms. The topological polar surface area (TPSA) is 63.2 Å². The van der Waals surface area contributed by atoms with Gasteiger partial charge in [-0.15, -0.1) is 0 Å². The minimum Gasteiger partial charge on any atom is -0.495 e. The molecule has 3 aromatic rings. The first-order chi connectivity index (χ1) is 15.6. The molecule has 2 amide bonds. The number of nitrogens with one attached hydrogen (secondary N) is 1. The Kier molecular flexibility index (Phi) is 6.65. The van der Waals surface area contributed by atoms with Crippen molar-refractivity contribution in [1.29, 1.82) is 0 Å². The summed E-state index contributed by atoms with van der Waals surface area (Å²) in [5.41, 5.74) is 2.92. The molecule has 1 aliphatic heterocycles. The predicted molar refractivity (Wildman–Crippen MR) is 121 cm³/mol. The van der Waals surface area contributed by atoms with Crippen molar-refractivity contribution in [3.8, 4) is 5.75 Å². The lowest BCUT2D eigenvalue weighted by Gasteiger charge is -2.25. The van der Waals surface area contributed by atoms with Crippen LogP contribution >= 0.6 is 0 Å². The monoisotopic (exact) mass is 433 g/mol. The molecule has 0 saturated heterocycles. The number of halogens is 1. The predicted octanol–water partition coefficient (Wildman–Crippen LogP) is 5.06. The molecular weight excluding hydrogens is 409 g/mol. The standard InChI is InChI=1S/C25H24FN3O3/c1-31-24-13-6-5-12-22(24)27-25(30)29(16-18-8-3-2-4-9-18)17-21-15-23(28-32-21)19-10-7-11-20(26)14-19/h2-14,21H,15-17H2,1H3,(H,27,30)/t21-/m0/s1. The molecular formula is C25H24FN3O3. The van der Waals surface area contributed by atoms with E-state index in [2.05, 4.69) is 10.5 Å². The summed E-state index contributed by atoms with van der Waals surface area (Å²) in [6, 6.07) is 23.0. The van der Waals surface area contributed by atoms with Gasteiger partial charge in [-0.1, -0.05) is 59.8 Å². The highest BCUT2D eigenvalue weighted by Gasteiger charge is 2.27. The minimum absolute atomic E-state index is 0.277. The molecule has 0 fully saturated rings. The van der Waals surface area contributed by atoms with Crippen LogP contribution in [0.25, 0.3) is 0 Å². The van der Waals surface area contributed by atoms with Crippen LogP contribution in [-0.2, 0) is 11.4 Å². The van der Waals surface area contributed by atoms with Crippen molar-refractivity contribution in [2.45, 2.75) is 19.1 Å². The Morgan fingerprint density at radius 1 is 1.12 bits per heavy atom. The fraction of sp³-hybridized carbons (Fsp3) is 0.200. The van der Waals surface area contributed by atoms with Crippen LogP contribution in [0.15, 0.2) is 84.0 Å². The van der Waals surface area contributed by atoms with E-state index in [1.54, 1.807) is 36.3 Å². The lowest BCUT2D eigenvalue weighted by molar-refractivity contribution is 0.0608. The number of oxime groups is 1. The first kappa shape index (κ1) is 21.4. The quantitative estimate of drug-likeness (QED) is 0.566. The first-order valence-electron chi connectivity index (χ1n) is 10.3. The Bertz CT molecular complexity index is 1100. The molecule has 0 aliphatic carbocycles. The Balaban J connectivity index is 1.48. The molecule has 1 aliphatic rings. The molecule has 6 nitrogen and oxygen atoms in total. The van der Waals surface area contributed by atoms with Crippen molar-refractivity contribution in [2.75, 3.05) is 19.0 Å². The summed E-state index contributed by atoms with van der Waals surface area (Å²) < 4.78 is 18.9. The van der Waals surface area contributed by atoms with Crippen molar-refractivity contribution < 1.29 is 18.8 Å². The average molecular weight is 433 g/mol. The van der Waals surface area contributed by atoms with E-state index >= 15 is 0 Å². The molecule has 7 heteroatoms. The lowest BCUT2D eigenvalue weighted by Crippen LogP contribution is -2.40. The van der Waals surface area contributed by atoms with E-state index in [0.29, 0.717) is 42.2 Å². The van der Waals surface area contributed by atoms with Gasteiger partial charge in [0.05, 0.1) is 25.1 Å². The SMILES string of the molecule is COc1ccccc1NC(=O)N(Cc1ccccc1)C[C@@H]1CC(c2cccc(F)c2)=NO1. The highest BCUT2D eigenvalue weighted by molar-refractivity contribution is 6.01. The van der Waals surface area contributed by atoms with Crippen LogP contribution < -0.4 is 10.1 Å². The van der Waals surface area contributed by atoms with Crippen LogP contribution in [0, 0.1) is 5.82 Å². The largest absolute Gasteiger partial charge is 0.495 e. The zero-order valence-electron chi connectivity index (χ0n) is 17.7. The summed E-state index contributed by atoms with van der Waals surface area (Å²) in [4.78, 5) is 20.5. The van der Waals surface area contributed by atoms with Gasteiger partial charge in [-0.3, -0.25) is 0 Å². The molecule has 4 rings (SSSR count). The summed E-state index contributed by atoms with van der Waals surface area (Å²) in [5.74, 6) is 0.255. The van der Waals surface area contributed by atoms with Crippen LogP contribution in [0.3, 0.4) is 0 Å². The van der Waals surface area contributed by atoms with Gasteiger partial charge < -0.3 is 19.8 Å². The molecule has 0 bridgehead atoms. The Hall–Kier alpha value is -3.87. The molecule has 164 valence electrons. The van der Waals surface area contributed by atoms with Crippen LogP contribution in [0.2, 0.25) is 0 Å². The highest BCUT2D eigenvalue weighted by atomic mass is 19.1. The molecule has 32 heavy (non-hydrogen) atoms. The van der Waals surface area contributed by atoms with Crippen molar-refractivity contribution in [3.63, 3.8) is 0 Å². The smallest absolute Gasteiger partial charge is 0.322 e. The zero-order valence-corrected chi connectivity index (χ0v) is 17.7. The van der Waals surface area contributed by atoms with Gasteiger partial charge in [-0.05, 0) is 29.8 Å². The second-order valence-electron chi connectivity index (χ2n) is 7.48. The third-order valence-corrected chi connectivity index (χ3v) is 5.17. The molecule has 0 saturated carbocycles. The number of carbonyl (C=O) groups is 1. The molecule has 0 aromatic heterocycles. The van der Waals surface area contributed by atoms with Crippen molar-refractivity contribution in [1.82, 2.24) is 4.90 Å². The second kappa shape index (κ2) is 9.96. The maximum absolute atomic E-state index is 13.6. The fourth-order valence-electron chi connectivity index (χ4n) is 3.58. The van der Waals surface area contributed by atoms with Gasteiger partial charge in [0, 0.05) is 18.5 Å². The molecule has 0 radical (unpaired) electrons. The zero-order chi connectivity index (χ0) is 22.3. The van der Waals surface area contributed by atoms with Gasteiger partial charge in [0.1, 0.15) is 11.6 Å². The van der Waals surface area contributed by atoms with Crippen molar-refractivity contribution in [3.05, 3.63) is 95.8 Å². The fourth-order valence-corrected chi connectivity index (χ4v) is 3.58. The number of benzene rings is 3. The van der Waals surface area contributed by atoms with Gasteiger partial charge in [0.2, 0.25) is 0 Å². The highest BCUT2D eigenvalue weighted by Crippen LogP contribution is 2.24. The van der Waals surface area contributed by atoms with Gasteiger partial charge in [0.15, 0.2) is 6.10 Å². The van der Waals surface area contributed by atoms with E-state index < -0.39 is 0 Å². The van der Waals surface area contributed by atoms with Gasteiger partial charge in [-0.25, -0.2) is 9.18 Å². The van der Waals surface area contributed by atoms with E-state index in [1.807, 2.05) is 42.5 Å². The number of urea groups is 1. The third-order valence-electron chi connectivity index (χ3n) is 5.17. The van der Waals surface area contributed by atoms with Gasteiger partial charge in [-0.2, -0.15) is 0 Å². The number of carbonyl (C=O) groups excluding carboxylic acids is 1. The average Bonchev–Trinajstić information content (AvgIpc) is 3.28. The van der Waals surface area contributed by atoms with E-state index in [9.17, 15) is 9.18 Å². The molecule has 3 aromatic carbocycles. The summed E-state index contributed by atoms with van der Waals surface area (Å²) in [6.07, 6.45) is 0.150. The van der Waals surface area contributed by atoms with Crippen LogP contribution in [0.4, 0.5) is 14.9 Å². The van der Waals surface area contributed by atoms with Gasteiger partial charge in [0.25, 0.3) is 0 Å². The van der Waals surface area contributed by atoms with Crippen LogP contribution in [0.1, 0.15) is 17.5 Å². The number of nitrogens with zero attached hydrogens (tertiary/aromatic N) is 2. The number of methoxy groups -OCH3 is 1. The molecule has 0 unspecified atom stereocenters. The number of hydrogen-bond donors (Lipinski definition) is 1. The normalized spacial score (nSPS) is 14.9. The third kappa shape index (κ3) is 5.24. The van der Waals surface area contributed by atoms with Crippen LogP contribution in [0.5, 0.6) is 5.75 Å². The molecule has 1 heterocycles. The number of para-hydroxylation sites is 2. The summed E-state index contributed by atoms with van der Waals surface area (Å²) >= 11 is 0. The van der Waals surface area contributed by atoms with E-state index in [0.717, 1.165) is 5.56 Å². The summed E-state index contributed by atoms with van der Waals surface area (Å²) in [5, 5.41) is 7.06. The maximum Gasteiger partial charge on any atom is 0.322 e. The van der Waals surface area contributed by atoms with E-state index in [1.165, 1.54) is 12.1 Å². The van der Waals surface area contributed by atoms with E-state index in [-0.39, 0.29) is 18.0 Å². The lowest BCUT2D eigenvalue weighted by atomic mass is 10.0. The minimum atomic E-state index is -0.333. The Morgan fingerprint density at radius 2 is 1.91 bits per heavy atom. The molecule has 1 atom stereocenters. The van der Waals surface area contributed by atoms with Crippen molar-refractivity contribution >= 4 is 17.4 Å². The first-order valence-corrected chi connectivity index (χ1v) is 10.3. The number of ether oxygens (including phenoxy) is 1. The van der Waals surface area contributed by atoms with Crippen molar-refractivity contribution in [2.24, 2.45) is 5.16 Å². The molecule has 1 N–H and O–H groups in total. The maximum atomic E-state index is 13.6. The number of anilines is 1. The number of amides is 2. The van der Waals surface area contributed by atoms with Gasteiger partial charge >= 0.3 is 6.03 Å². The summed E-state index contributed by atoms with van der Waals surface area (Å²) in [7, 11) is 1.56. The Labute approximate surface area is 186 Å². The second-order valence-corrected chi connectivity index (χ2v) is 7.48. The van der Waals surface area contributed by atoms with E-state index in [4.69, 9.17) is 9.57 Å². The summed E-state index contributed by atoms with van der Waals surface area (Å²) in [6.45, 7) is 0.717.